The maximum absolute atomic E-state index is 12.4. The van der Waals surface area contributed by atoms with Gasteiger partial charge in [0.05, 0.1) is 32.8 Å². The number of sulfonamides is 2. The van der Waals surface area contributed by atoms with Crippen molar-refractivity contribution in [2.75, 3.05) is 74.9 Å². The molecule has 5 aromatic rings. The summed E-state index contributed by atoms with van der Waals surface area (Å²) in [6.45, 7) is 17.1. The predicted octanol–water partition coefficient (Wildman–Crippen LogP) is 5.48. The molecule has 0 unspecified atom stereocenters. The molecule has 1 fully saturated rings. The fourth-order valence-corrected chi connectivity index (χ4v) is 12.9. The third-order valence-electron chi connectivity index (χ3n) is 16.1. The summed E-state index contributed by atoms with van der Waals surface area (Å²) in [5.41, 5.74) is 2.15. The topological polar surface area (TPSA) is 416 Å². The third kappa shape index (κ3) is 30.8. The number of nitrogens with two attached hydrogens (primary N) is 1. The molecule has 46 heteroatoms. The average Bonchev–Trinajstić information content (AvgIpc) is 1.40. The number of alkyl halides is 6. The van der Waals surface area contributed by atoms with E-state index in [1.165, 1.54) is 85.6 Å². The van der Waals surface area contributed by atoms with Crippen LogP contribution in [0.5, 0.6) is 0 Å². The summed E-state index contributed by atoms with van der Waals surface area (Å²) >= 11 is 0. The van der Waals surface area contributed by atoms with Crippen LogP contribution in [0, 0.1) is 30.3 Å². The van der Waals surface area contributed by atoms with Crippen LogP contribution in [0.1, 0.15) is 51.2 Å². The van der Waals surface area contributed by atoms with Gasteiger partial charge in [-0.15, -0.1) is 3.71 Å². The number of hydrogen-bond acceptors (Lipinski definition) is 26. The summed E-state index contributed by atoms with van der Waals surface area (Å²) in [5.74, 6) is 0.232. The van der Waals surface area contributed by atoms with Crippen LogP contribution in [0.3, 0.4) is 0 Å². The number of anilines is 2. The van der Waals surface area contributed by atoms with Gasteiger partial charge in [-0.3, -0.25) is 35.1 Å². The molecular weight excluding hydrogens is 1590 g/mol. The van der Waals surface area contributed by atoms with E-state index in [1.54, 1.807) is 57.0 Å². The molecular formula is C64H79B7F6N11O19PdS2. The monoisotopic (exact) mass is 1670 g/mol. The molecule has 11 rings (SSSR count). The van der Waals surface area contributed by atoms with Gasteiger partial charge >= 0.3 is 66.7 Å². The van der Waals surface area contributed by atoms with Crippen molar-refractivity contribution in [1.29, 1.82) is 0 Å². The first-order chi connectivity index (χ1) is 51.1. The first-order valence-corrected chi connectivity index (χ1v) is 35.8. The molecule has 589 valence electrons. The zero-order valence-corrected chi connectivity index (χ0v) is 63.1. The summed E-state index contributed by atoms with van der Waals surface area (Å²) in [4.78, 5) is 82.7. The van der Waals surface area contributed by atoms with Crippen LogP contribution in [0.15, 0.2) is 169 Å². The van der Waals surface area contributed by atoms with Crippen molar-refractivity contribution in [3.05, 3.63) is 216 Å². The van der Waals surface area contributed by atoms with E-state index in [-0.39, 0.29) is 64.3 Å². The van der Waals surface area contributed by atoms with Crippen molar-refractivity contribution in [1.82, 2.24) is 28.9 Å². The Labute approximate surface area is 650 Å². The molecule has 0 amide bonds. The SMILES string of the molecule is CB(O)N1C=C(C)CC1.CB(O)N1CC=C(C)C1.CB(O)N1CCC(=O)C1.Nc1ccc(C2=CCN([B]C=O)C2)cc1.O=C[B]N1C=C(c2ccc([N+](=O)[O-])cc2)CC1.O=C[B]N1CC=C(c2ccc([N+](=O)[O-])cc2)C1.O=S(=O)(N(c1ccccc1)S(=O)(=O)C(F)(F)F)C(F)(F)F.O=[N+]([O-])c1ccc(B(O)O)cc1.[HH].[Pd]. The Balaban J connectivity index is 0.000000436. The maximum atomic E-state index is 12.4. The number of non-ortho nitro benzene ring substituents is 3. The van der Waals surface area contributed by atoms with Crippen LogP contribution in [0.2, 0.25) is 20.5 Å². The fraction of sp³-hybridized carbons (Fsp3) is 0.312. The number of rotatable bonds is 19. The van der Waals surface area contributed by atoms with Gasteiger partial charge in [0.2, 0.25) is 0 Å². The molecule has 6 heterocycles. The number of nitro benzene ring substituents is 3. The minimum absolute atomic E-state index is 0. The van der Waals surface area contributed by atoms with Crippen molar-refractivity contribution in [3.8, 4) is 0 Å². The van der Waals surface area contributed by atoms with Gasteiger partial charge in [-0.1, -0.05) is 71.8 Å². The summed E-state index contributed by atoms with van der Waals surface area (Å²) in [7, 11) is -11.7. The molecule has 3 radical (unpaired) electrons. The number of nitrogen functional groups attached to an aromatic ring is 1. The van der Waals surface area contributed by atoms with Crippen LogP contribution in [-0.4, -0.2) is 237 Å². The molecule has 7 N–H and O–H groups in total. The third-order valence-corrected chi connectivity index (χ3v) is 19.7. The molecule has 6 aliphatic heterocycles. The van der Waals surface area contributed by atoms with Crippen molar-refractivity contribution in [2.24, 2.45) is 0 Å². The van der Waals surface area contributed by atoms with Crippen LogP contribution in [-0.2, 0) is 59.6 Å². The Morgan fingerprint density at radius 1 is 0.518 bits per heavy atom. The van der Waals surface area contributed by atoms with E-state index in [1.807, 2.05) is 66.8 Å². The molecule has 6 aliphatic rings. The van der Waals surface area contributed by atoms with Gasteiger partial charge in [0.1, 0.15) is 12.0 Å². The number of carbonyl (C=O) groups excluding carboxylic acids is 4. The minimum atomic E-state index is -6.81. The number of nitrogens with zero attached hydrogens (tertiary/aromatic N) is 10. The van der Waals surface area contributed by atoms with E-state index in [0.717, 1.165) is 123 Å². The summed E-state index contributed by atoms with van der Waals surface area (Å²) < 4.78 is 118. The second-order valence-electron chi connectivity index (χ2n) is 24.3. The van der Waals surface area contributed by atoms with Crippen molar-refractivity contribution < 1.29 is 124 Å². The Hall–Kier alpha value is -8.88. The number of benzene rings is 5. The molecule has 0 aliphatic carbocycles. The zero-order chi connectivity index (χ0) is 81.6. The standard InChI is InChI=1S/2C11H10BN2O3.C11H12BN2O.C8H5F6NO4S2.C6H6BNO4.2C6H12BNO.C5H10BNO2.Pd.H2/c2*15-8-12-13-6-5-10(7-13)9-1-3-11(4-2-9)14(16)17;13-11-3-1-9(2-4-11)10-5-6-14(7-10)12-8-15;9-7(10,11)20(16,17)15(6-4-2-1-3-5-6)21(18,19)8(12,13)14;9-7(10)5-1-3-6(4-2-5)8(11)12;2*1-6-3-4-8(5-6)7(2)9;1-6(9)7-3-2-5(8)4-7;;/h1-4,7-8H,5-6H2;1-5,8H,6-7H2;1-5,8H,6-7,13H2;1-5H;1-4,9-10H;5,9H,3-4H2,1-2H3;3,9H,4-5H2,1-2H3;9H,2-4H2,1H3;;1H. The molecule has 0 bridgehead atoms. The summed E-state index contributed by atoms with van der Waals surface area (Å²) in [5, 5.41) is 75.5. The number of ketones is 1. The van der Waals surface area contributed by atoms with Crippen LogP contribution in [0.4, 0.5) is 54.8 Å². The Bertz CT molecular complexity index is 4230. The van der Waals surface area contributed by atoms with E-state index in [0.29, 0.717) is 38.2 Å². The van der Waals surface area contributed by atoms with Crippen molar-refractivity contribution >= 4 is 146 Å². The van der Waals surface area contributed by atoms with Gasteiger partial charge in [0.25, 0.3) is 31.9 Å². The second kappa shape index (κ2) is 45.4. The number of Topliss-reactive ketones (excluding diaryl/α,β-unsaturated/α-hetero) is 1. The van der Waals surface area contributed by atoms with Gasteiger partial charge in [-0.05, 0) is 154 Å². The summed E-state index contributed by atoms with van der Waals surface area (Å²) in [6, 6.07) is 29.5. The van der Waals surface area contributed by atoms with Crippen molar-refractivity contribution in [3.63, 3.8) is 0 Å². The fourth-order valence-electron chi connectivity index (χ4n) is 10.2. The molecule has 0 spiro atoms. The molecule has 1 saturated heterocycles. The molecule has 110 heavy (non-hydrogen) atoms. The van der Waals surface area contributed by atoms with Crippen molar-refractivity contribution in [2.45, 2.75) is 64.6 Å². The average molecular weight is 1670 g/mol. The van der Waals surface area contributed by atoms with E-state index < -0.39 is 69.4 Å². The Morgan fingerprint density at radius 2 is 0.945 bits per heavy atom. The normalized spacial score (nSPS) is 15.3. The molecule has 30 nitrogen and oxygen atoms in total. The molecule has 0 aromatic heterocycles. The number of halogens is 6. The van der Waals surface area contributed by atoms with Crippen LogP contribution in [0.25, 0.3) is 16.7 Å². The van der Waals surface area contributed by atoms with E-state index in [2.05, 4.69) is 26.0 Å². The number of hydrogen-bond donors (Lipinski definition) is 6. The second-order valence-corrected chi connectivity index (χ2v) is 28.1. The first kappa shape index (κ1) is 95.3. The predicted molar refractivity (Wildman–Crippen MR) is 410 cm³/mol. The smallest absolute Gasteiger partial charge is 0.437 e. The maximum Gasteiger partial charge on any atom is 0.517 e. The van der Waals surface area contributed by atoms with E-state index in [9.17, 15) is 92.7 Å². The number of carbonyl (C=O) groups is 4. The van der Waals surface area contributed by atoms with Gasteiger partial charge in [-0.2, -0.15) is 43.2 Å². The van der Waals surface area contributed by atoms with Gasteiger partial charge in [0.15, 0.2) is 0 Å². The Morgan fingerprint density at radius 3 is 1.26 bits per heavy atom. The zero-order valence-electron chi connectivity index (χ0n) is 59.9. The first-order valence-electron chi connectivity index (χ1n) is 32.9. The quantitative estimate of drug-likeness (QED) is 0.0113. The molecule has 0 atom stereocenters. The van der Waals surface area contributed by atoms with Gasteiger partial charge < -0.3 is 74.1 Å². The number of nitro groups is 3. The van der Waals surface area contributed by atoms with Gasteiger partial charge in [0, 0.05) is 129 Å². The number of para-hydroxylation sites is 1. The molecule has 0 saturated carbocycles. The van der Waals surface area contributed by atoms with Crippen LogP contribution >= 0.6 is 0 Å². The summed E-state index contributed by atoms with van der Waals surface area (Å²) in [6.07, 6.45) is 15.1. The van der Waals surface area contributed by atoms with Gasteiger partial charge in [-0.25, -0.2) is 0 Å². The van der Waals surface area contributed by atoms with E-state index >= 15 is 0 Å². The van der Waals surface area contributed by atoms with E-state index in [4.69, 9.17) is 30.9 Å². The molecule has 5 aromatic carbocycles. The largest absolute Gasteiger partial charge is 0.517 e. The minimum Gasteiger partial charge on any atom is -0.437 e. The Kier molecular flexibility index (Phi) is 39.4. The van der Waals surface area contributed by atoms with Crippen LogP contribution < -0.4 is 14.9 Å².